The summed E-state index contributed by atoms with van der Waals surface area (Å²) >= 11 is 3.37. The van der Waals surface area contributed by atoms with Gasteiger partial charge in [0.05, 0.1) is 6.04 Å². The van der Waals surface area contributed by atoms with Gasteiger partial charge in [-0.3, -0.25) is 0 Å². The predicted molar refractivity (Wildman–Crippen MR) is 70.2 cm³/mol. The molecule has 3 nitrogen and oxygen atoms in total. The van der Waals surface area contributed by atoms with Gasteiger partial charge in [0.15, 0.2) is 0 Å². The van der Waals surface area contributed by atoms with E-state index in [1.54, 1.807) is 6.20 Å². The molecule has 2 aromatic rings. The summed E-state index contributed by atoms with van der Waals surface area (Å²) in [6.07, 6.45) is 1.78. The maximum atomic E-state index is 5.61. The average Bonchev–Trinajstić information content (AvgIpc) is 2.76. The molecular formula is C13H11BrN2O. The lowest BCUT2D eigenvalue weighted by Crippen LogP contribution is -2.12. The third kappa shape index (κ3) is 2.13. The van der Waals surface area contributed by atoms with Crippen molar-refractivity contribution < 1.29 is 4.74 Å². The number of nitrogens with one attached hydrogen (secondary N) is 1. The molecule has 0 aliphatic carbocycles. The Hall–Kier alpha value is -1.55. The summed E-state index contributed by atoms with van der Waals surface area (Å²) in [6.45, 7) is 0.650. The van der Waals surface area contributed by atoms with Gasteiger partial charge in [0, 0.05) is 16.2 Å². The Morgan fingerprint density at radius 1 is 1.24 bits per heavy atom. The van der Waals surface area contributed by atoms with Gasteiger partial charge in [0.25, 0.3) is 0 Å². The van der Waals surface area contributed by atoms with Crippen molar-refractivity contribution in [2.45, 2.75) is 6.04 Å². The van der Waals surface area contributed by atoms with E-state index in [-0.39, 0.29) is 6.04 Å². The molecule has 2 heterocycles. The number of benzene rings is 1. The van der Waals surface area contributed by atoms with E-state index in [9.17, 15) is 0 Å². The van der Waals surface area contributed by atoms with E-state index in [1.165, 1.54) is 5.56 Å². The molecular weight excluding hydrogens is 280 g/mol. The quantitative estimate of drug-likeness (QED) is 0.921. The highest BCUT2D eigenvalue weighted by molar-refractivity contribution is 9.10. The first-order valence-corrected chi connectivity index (χ1v) is 6.22. The van der Waals surface area contributed by atoms with E-state index < -0.39 is 0 Å². The van der Waals surface area contributed by atoms with Gasteiger partial charge in [-0.05, 0) is 34.1 Å². The lowest BCUT2D eigenvalue weighted by molar-refractivity contribution is 0.339. The number of nitrogens with zero attached hydrogens (tertiary/aromatic N) is 1. The van der Waals surface area contributed by atoms with Crippen LogP contribution in [0.15, 0.2) is 47.1 Å². The second-order valence-corrected chi connectivity index (χ2v) is 4.82. The summed E-state index contributed by atoms with van der Waals surface area (Å²) in [4.78, 5) is 4.30. The van der Waals surface area contributed by atoms with Crippen molar-refractivity contribution in [3.8, 4) is 5.75 Å². The van der Waals surface area contributed by atoms with E-state index in [0.717, 1.165) is 16.0 Å². The topological polar surface area (TPSA) is 34.1 Å². The molecule has 0 fully saturated rings. The smallest absolute Gasteiger partial charge is 0.126 e. The highest BCUT2D eigenvalue weighted by Gasteiger charge is 2.23. The molecule has 1 N–H and O–H groups in total. The lowest BCUT2D eigenvalue weighted by atomic mass is 10.1. The van der Waals surface area contributed by atoms with E-state index in [1.807, 2.05) is 30.3 Å². The Morgan fingerprint density at radius 3 is 2.94 bits per heavy atom. The van der Waals surface area contributed by atoms with E-state index in [2.05, 4.69) is 32.3 Å². The van der Waals surface area contributed by atoms with Gasteiger partial charge in [0.1, 0.15) is 18.2 Å². The molecule has 0 radical (unpaired) electrons. The predicted octanol–water partition coefficient (Wildman–Crippen LogP) is 3.39. The molecule has 1 aromatic heterocycles. The van der Waals surface area contributed by atoms with Crippen molar-refractivity contribution in [2.24, 2.45) is 0 Å². The van der Waals surface area contributed by atoms with Crippen LogP contribution in [-0.2, 0) is 0 Å². The number of anilines is 1. The number of aromatic nitrogens is 1. The van der Waals surface area contributed by atoms with Crippen molar-refractivity contribution in [1.29, 1.82) is 0 Å². The molecule has 0 bridgehead atoms. The number of pyridine rings is 1. The van der Waals surface area contributed by atoms with Gasteiger partial charge < -0.3 is 10.1 Å². The normalized spacial score (nSPS) is 17.4. The Balaban J connectivity index is 1.81. The zero-order valence-corrected chi connectivity index (χ0v) is 10.6. The van der Waals surface area contributed by atoms with E-state index in [4.69, 9.17) is 4.74 Å². The first-order valence-electron chi connectivity index (χ1n) is 5.43. The molecule has 1 unspecified atom stereocenters. The summed E-state index contributed by atoms with van der Waals surface area (Å²) in [6, 6.07) is 12.2. The fraction of sp³-hybridized carbons (Fsp3) is 0.154. The molecule has 86 valence electrons. The van der Waals surface area contributed by atoms with Crippen LogP contribution in [0.1, 0.15) is 11.6 Å². The zero-order valence-electron chi connectivity index (χ0n) is 9.06. The van der Waals surface area contributed by atoms with Crippen LogP contribution in [0.4, 0.5) is 5.82 Å². The summed E-state index contributed by atoms with van der Waals surface area (Å²) in [5.41, 5.74) is 1.19. The minimum atomic E-state index is 0.180. The van der Waals surface area contributed by atoms with Crippen LogP contribution in [0, 0.1) is 0 Å². The second kappa shape index (κ2) is 4.37. The first-order chi connectivity index (χ1) is 8.33. The van der Waals surface area contributed by atoms with E-state index in [0.29, 0.717) is 6.61 Å². The van der Waals surface area contributed by atoms with Crippen LogP contribution in [0.5, 0.6) is 5.75 Å². The Kier molecular flexibility index (Phi) is 2.73. The highest BCUT2D eigenvalue weighted by atomic mass is 79.9. The minimum absolute atomic E-state index is 0.180. The van der Waals surface area contributed by atoms with Crippen LogP contribution >= 0.6 is 15.9 Å². The van der Waals surface area contributed by atoms with Crippen LogP contribution in [0.25, 0.3) is 0 Å². The molecule has 17 heavy (non-hydrogen) atoms. The number of para-hydroxylation sites is 1. The second-order valence-electron chi connectivity index (χ2n) is 3.91. The van der Waals surface area contributed by atoms with Crippen molar-refractivity contribution in [1.82, 2.24) is 4.98 Å². The summed E-state index contributed by atoms with van der Waals surface area (Å²) in [5, 5.41) is 3.37. The largest absolute Gasteiger partial charge is 0.491 e. The molecule has 0 saturated heterocycles. The number of rotatable bonds is 2. The van der Waals surface area contributed by atoms with Gasteiger partial charge in [0.2, 0.25) is 0 Å². The van der Waals surface area contributed by atoms with Crippen molar-refractivity contribution in [3.63, 3.8) is 0 Å². The molecule has 1 aliphatic rings. The van der Waals surface area contributed by atoms with Gasteiger partial charge in [-0.1, -0.05) is 18.2 Å². The third-order valence-corrected chi connectivity index (χ3v) is 3.22. The van der Waals surface area contributed by atoms with Gasteiger partial charge >= 0.3 is 0 Å². The Labute approximate surface area is 108 Å². The molecule has 0 amide bonds. The summed E-state index contributed by atoms with van der Waals surface area (Å²) in [5.74, 6) is 1.82. The minimum Gasteiger partial charge on any atom is -0.491 e. The van der Waals surface area contributed by atoms with Gasteiger partial charge in [-0.2, -0.15) is 0 Å². The Morgan fingerprint density at radius 2 is 2.12 bits per heavy atom. The molecule has 1 aromatic carbocycles. The highest BCUT2D eigenvalue weighted by Crippen LogP contribution is 2.33. The summed E-state index contributed by atoms with van der Waals surface area (Å²) < 4.78 is 6.59. The number of fused-ring (bicyclic) bond motifs is 1. The molecule has 1 atom stereocenters. The molecule has 4 heteroatoms. The van der Waals surface area contributed by atoms with Crippen LogP contribution < -0.4 is 10.1 Å². The van der Waals surface area contributed by atoms with Crippen LogP contribution in [0.3, 0.4) is 0 Å². The first kappa shape index (κ1) is 10.6. The third-order valence-electron chi connectivity index (χ3n) is 2.75. The van der Waals surface area contributed by atoms with Crippen molar-refractivity contribution in [3.05, 3.63) is 52.6 Å². The maximum Gasteiger partial charge on any atom is 0.126 e. The standard InChI is InChI=1S/C13H11BrN2O/c14-9-5-6-13(15-7-9)16-11-8-17-12-4-2-1-3-10(11)12/h1-7,11H,8H2,(H,15,16). The van der Waals surface area contributed by atoms with Gasteiger partial charge in [-0.15, -0.1) is 0 Å². The van der Waals surface area contributed by atoms with E-state index >= 15 is 0 Å². The fourth-order valence-electron chi connectivity index (χ4n) is 1.92. The van der Waals surface area contributed by atoms with Crippen LogP contribution in [-0.4, -0.2) is 11.6 Å². The van der Waals surface area contributed by atoms with Crippen LogP contribution in [0.2, 0.25) is 0 Å². The monoisotopic (exact) mass is 290 g/mol. The number of hydrogen-bond donors (Lipinski definition) is 1. The van der Waals surface area contributed by atoms with Crippen molar-refractivity contribution in [2.75, 3.05) is 11.9 Å². The molecule has 0 spiro atoms. The number of hydrogen-bond acceptors (Lipinski definition) is 3. The number of ether oxygens (including phenoxy) is 1. The fourth-order valence-corrected chi connectivity index (χ4v) is 2.16. The average molecular weight is 291 g/mol. The SMILES string of the molecule is Brc1ccc(NC2COc3ccccc32)nc1. The molecule has 3 rings (SSSR count). The van der Waals surface area contributed by atoms with Crippen molar-refractivity contribution >= 4 is 21.7 Å². The molecule has 0 saturated carbocycles. The Bertz CT molecular complexity index is 527. The number of halogens is 1. The molecule has 1 aliphatic heterocycles. The lowest BCUT2D eigenvalue weighted by Gasteiger charge is -2.12. The van der Waals surface area contributed by atoms with Gasteiger partial charge in [-0.25, -0.2) is 4.98 Å². The zero-order chi connectivity index (χ0) is 11.7. The summed E-state index contributed by atoms with van der Waals surface area (Å²) in [7, 11) is 0. The maximum absolute atomic E-state index is 5.61.